The van der Waals surface area contributed by atoms with Crippen molar-refractivity contribution < 1.29 is 9.53 Å². The van der Waals surface area contributed by atoms with Crippen LogP contribution in [0.15, 0.2) is 12.2 Å². The number of esters is 1. The molecule has 0 spiro atoms. The summed E-state index contributed by atoms with van der Waals surface area (Å²) < 4.78 is 5.48. The Morgan fingerprint density at radius 3 is 2.75 bits per heavy atom. The molecule has 2 aliphatic carbocycles. The van der Waals surface area contributed by atoms with Crippen LogP contribution in [-0.2, 0) is 9.53 Å². The van der Waals surface area contributed by atoms with Crippen molar-refractivity contribution in [2.24, 2.45) is 29.6 Å². The third kappa shape index (κ3) is 2.94. The van der Waals surface area contributed by atoms with Gasteiger partial charge in [0.2, 0.25) is 0 Å². The molecule has 0 amide bonds. The van der Waals surface area contributed by atoms with E-state index in [9.17, 15) is 4.79 Å². The van der Waals surface area contributed by atoms with E-state index in [1.165, 1.54) is 44.9 Å². The van der Waals surface area contributed by atoms with Gasteiger partial charge in [-0.3, -0.25) is 9.69 Å². The minimum Gasteiger partial charge on any atom is -0.465 e. The lowest BCUT2D eigenvalue weighted by Crippen LogP contribution is -2.43. The molecule has 2 saturated heterocycles. The number of likely N-dealkylation sites (tertiary alicyclic amines) is 1. The van der Waals surface area contributed by atoms with E-state index in [4.69, 9.17) is 4.74 Å². The highest BCUT2D eigenvalue weighted by Gasteiger charge is 2.50. The predicted molar refractivity (Wildman–Crippen MR) is 95.5 cm³/mol. The van der Waals surface area contributed by atoms with E-state index in [0.717, 1.165) is 18.3 Å². The topological polar surface area (TPSA) is 29.5 Å². The quantitative estimate of drug-likeness (QED) is 0.565. The molecule has 0 aromatic carbocycles. The van der Waals surface area contributed by atoms with Gasteiger partial charge in [-0.1, -0.05) is 37.8 Å². The van der Waals surface area contributed by atoms with Gasteiger partial charge >= 0.3 is 5.97 Å². The molecule has 0 N–H and O–H groups in total. The number of allylic oxidation sites excluding steroid dienone is 1. The SMILES string of the molecule is C[C@@H]1CCC[C@@H](/C=C/[C@@H]2[C@H]3COC(=O)[C@H]3C[C@H]3CCCC[C@@H]32)N1C. The van der Waals surface area contributed by atoms with Crippen molar-refractivity contribution in [2.45, 2.75) is 70.4 Å². The molecule has 4 fully saturated rings. The molecule has 0 bridgehead atoms. The summed E-state index contributed by atoms with van der Waals surface area (Å²) in [4.78, 5) is 14.7. The largest absolute Gasteiger partial charge is 0.465 e. The van der Waals surface area contributed by atoms with Gasteiger partial charge in [0.1, 0.15) is 0 Å². The van der Waals surface area contributed by atoms with Crippen molar-refractivity contribution in [1.82, 2.24) is 4.90 Å². The zero-order valence-corrected chi connectivity index (χ0v) is 15.3. The summed E-state index contributed by atoms with van der Waals surface area (Å²) in [6, 6.07) is 1.26. The summed E-state index contributed by atoms with van der Waals surface area (Å²) in [6.07, 6.45) is 15.4. The molecule has 4 rings (SSSR count). The van der Waals surface area contributed by atoms with Crippen molar-refractivity contribution in [3.8, 4) is 0 Å². The minimum atomic E-state index is 0.0887. The van der Waals surface area contributed by atoms with E-state index < -0.39 is 0 Å². The van der Waals surface area contributed by atoms with Crippen LogP contribution in [0.1, 0.15) is 58.3 Å². The minimum absolute atomic E-state index is 0.0887. The van der Waals surface area contributed by atoms with Crippen LogP contribution in [0.3, 0.4) is 0 Å². The lowest BCUT2D eigenvalue weighted by molar-refractivity contribution is -0.142. The number of rotatable bonds is 2. The maximum absolute atomic E-state index is 12.2. The number of fused-ring (bicyclic) bond motifs is 2. The fraction of sp³-hybridized carbons (Fsp3) is 0.857. The lowest BCUT2D eigenvalue weighted by atomic mass is 9.58. The van der Waals surface area contributed by atoms with Crippen LogP contribution in [0, 0.1) is 29.6 Å². The van der Waals surface area contributed by atoms with Crippen molar-refractivity contribution in [2.75, 3.05) is 13.7 Å². The first-order valence-corrected chi connectivity index (χ1v) is 10.2. The summed E-state index contributed by atoms with van der Waals surface area (Å²) in [6.45, 7) is 3.01. The molecule has 0 unspecified atom stereocenters. The second-order valence-electron chi connectivity index (χ2n) is 8.82. The van der Waals surface area contributed by atoms with E-state index >= 15 is 0 Å². The maximum Gasteiger partial charge on any atom is 0.309 e. The highest BCUT2D eigenvalue weighted by atomic mass is 16.5. The highest BCUT2D eigenvalue weighted by molar-refractivity contribution is 5.75. The predicted octanol–water partition coefficient (Wildman–Crippen LogP) is 4.03. The van der Waals surface area contributed by atoms with Crippen molar-refractivity contribution in [1.29, 1.82) is 0 Å². The number of cyclic esters (lactones) is 1. The van der Waals surface area contributed by atoms with E-state index in [2.05, 4.69) is 31.0 Å². The Labute approximate surface area is 146 Å². The average molecular weight is 332 g/mol. The number of piperidine rings is 1. The van der Waals surface area contributed by atoms with Gasteiger partial charge in [0.05, 0.1) is 12.5 Å². The Balaban J connectivity index is 1.54. The molecule has 0 radical (unpaired) electrons. The Kier molecular flexibility index (Phi) is 4.73. The summed E-state index contributed by atoms with van der Waals surface area (Å²) >= 11 is 0. The first-order chi connectivity index (χ1) is 11.6. The Morgan fingerprint density at radius 1 is 1.04 bits per heavy atom. The van der Waals surface area contributed by atoms with E-state index in [-0.39, 0.29) is 11.9 Å². The third-order valence-electron chi connectivity index (χ3n) is 7.65. The summed E-state index contributed by atoms with van der Waals surface area (Å²) in [5.41, 5.74) is 0. The molecule has 4 aliphatic rings. The number of hydrogen-bond acceptors (Lipinski definition) is 3. The molecule has 7 atom stereocenters. The molecule has 134 valence electrons. The molecular formula is C21H33NO2. The van der Waals surface area contributed by atoms with Crippen LogP contribution in [0.25, 0.3) is 0 Å². The number of carbonyl (C=O) groups is 1. The van der Waals surface area contributed by atoms with Crippen LogP contribution < -0.4 is 0 Å². The van der Waals surface area contributed by atoms with Gasteiger partial charge in [-0.25, -0.2) is 0 Å². The fourth-order valence-corrected chi connectivity index (χ4v) is 6.04. The maximum atomic E-state index is 12.2. The van der Waals surface area contributed by atoms with Crippen LogP contribution in [0.5, 0.6) is 0 Å². The van der Waals surface area contributed by atoms with Crippen LogP contribution in [-0.4, -0.2) is 36.6 Å². The number of nitrogens with zero attached hydrogens (tertiary/aromatic N) is 1. The number of likely N-dealkylation sites (N-methyl/N-ethyl adjacent to an activating group) is 1. The van der Waals surface area contributed by atoms with Gasteiger partial charge in [-0.05, 0) is 57.4 Å². The van der Waals surface area contributed by atoms with Gasteiger partial charge in [-0.2, -0.15) is 0 Å². The van der Waals surface area contributed by atoms with Gasteiger partial charge < -0.3 is 4.74 Å². The number of ether oxygens (including phenoxy) is 1. The summed E-state index contributed by atoms with van der Waals surface area (Å²) in [5.74, 6) is 2.82. The first-order valence-electron chi connectivity index (χ1n) is 10.2. The number of hydrogen-bond donors (Lipinski definition) is 0. The zero-order valence-electron chi connectivity index (χ0n) is 15.3. The molecule has 2 saturated carbocycles. The molecule has 2 heterocycles. The van der Waals surface area contributed by atoms with Crippen molar-refractivity contribution >= 4 is 5.97 Å². The second kappa shape index (κ2) is 6.82. The fourth-order valence-electron chi connectivity index (χ4n) is 6.04. The third-order valence-corrected chi connectivity index (χ3v) is 7.65. The van der Waals surface area contributed by atoms with Crippen LogP contribution in [0.4, 0.5) is 0 Å². The van der Waals surface area contributed by atoms with E-state index in [0.29, 0.717) is 30.5 Å². The highest BCUT2D eigenvalue weighted by Crippen LogP contribution is 2.51. The van der Waals surface area contributed by atoms with Gasteiger partial charge in [0.25, 0.3) is 0 Å². The van der Waals surface area contributed by atoms with Gasteiger partial charge in [-0.15, -0.1) is 0 Å². The molecule has 0 aromatic heterocycles. The smallest absolute Gasteiger partial charge is 0.309 e. The average Bonchev–Trinajstić information content (AvgIpc) is 2.96. The summed E-state index contributed by atoms with van der Waals surface area (Å²) in [5, 5.41) is 0. The van der Waals surface area contributed by atoms with Crippen LogP contribution in [0.2, 0.25) is 0 Å². The van der Waals surface area contributed by atoms with Crippen molar-refractivity contribution in [3.05, 3.63) is 12.2 Å². The molecule has 24 heavy (non-hydrogen) atoms. The molecule has 3 nitrogen and oxygen atoms in total. The molecule has 2 aliphatic heterocycles. The molecular weight excluding hydrogens is 298 g/mol. The van der Waals surface area contributed by atoms with Crippen LogP contribution >= 0.6 is 0 Å². The van der Waals surface area contributed by atoms with Gasteiger partial charge in [0, 0.05) is 18.0 Å². The monoisotopic (exact) mass is 331 g/mol. The summed E-state index contributed by atoms with van der Waals surface area (Å²) in [7, 11) is 2.27. The molecule has 3 heteroatoms. The Bertz CT molecular complexity index is 502. The number of carbonyl (C=O) groups excluding carboxylic acids is 1. The molecule has 0 aromatic rings. The Morgan fingerprint density at radius 2 is 1.88 bits per heavy atom. The Hall–Kier alpha value is -0.830. The van der Waals surface area contributed by atoms with Gasteiger partial charge in [0.15, 0.2) is 0 Å². The van der Waals surface area contributed by atoms with E-state index in [1.807, 2.05) is 0 Å². The van der Waals surface area contributed by atoms with Crippen molar-refractivity contribution in [3.63, 3.8) is 0 Å². The lowest BCUT2D eigenvalue weighted by Gasteiger charge is -2.45. The first kappa shape index (κ1) is 16.6. The zero-order chi connectivity index (χ0) is 16.7. The standard InChI is InChI=1S/C21H33NO2/c1-14-6-5-8-16(22(14)2)10-11-18-17-9-4-3-7-15(17)12-19-20(18)13-24-21(19)23/h10-11,14-20H,3-9,12-13H2,1-2H3/b11-10+/t14-,15-,16+,17+,18+,19+,20-/m1/s1. The second-order valence-corrected chi connectivity index (χ2v) is 8.82. The normalized spacial score (nSPS) is 46.6. The van der Waals surface area contributed by atoms with E-state index in [1.54, 1.807) is 0 Å².